The molecule has 0 amide bonds. The van der Waals surface area contributed by atoms with Gasteiger partial charge in [-0.1, -0.05) is 30.3 Å². The molecule has 0 saturated carbocycles. The molecule has 1 atom stereocenters. The number of benzene rings is 1. The summed E-state index contributed by atoms with van der Waals surface area (Å²) in [4.78, 5) is 0. The molecule has 0 radical (unpaired) electrons. The van der Waals surface area contributed by atoms with Crippen molar-refractivity contribution in [2.75, 3.05) is 13.7 Å². The van der Waals surface area contributed by atoms with Gasteiger partial charge in [-0.3, -0.25) is 0 Å². The molecule has 1 unspecified atom stereocenters. The highest BCUT2D eigenvalue weighted by atomic mass is 16.5. The maximum Gasteiger partial charge on any atom is 0.125 e. The Balaban J connectivity index is 2.17. The first-order valence-electron chi connectivity index (χ1n) is 6.49. The van der Waals surface area contributed by atoms with Gasteiger partial charge in [-0.2, -0.15) is 0 Å². The summed E-state index contributed by atoms with van der Waals surface area (Å²) < 4.78 is 11.0. The van der Waals surface area contributed by atoms with E-state index in [2.05, 4.69) is 31.3 Å². The Hall–Kier alpha value is -1.58. The van der Waals surface area contributed by atoms with Crippen LogP contribution in [-0.2, 0) is 4.74 Å². The fourth-order valence-electron chi connectivity index (χ4n) is 1.90. The predicted octanol–water partition coefficient (Wildman–Crippen LogP) is 3.38. The summed E-state index contributed by atoms with van der Waals surface area (Å²) in [6, 6.07) is 14.2. The Kier molecular flexibility index (Phi) is 4.40. The number of methoxy groups -OCH3 is 1. The average molecular weight is 259 g/mol. The molecular formula is C16H21NO2. The van der Waals surface area contributed by atoms with E-state index in [0.29, 0.717) is 0 Å². The first-order chi connectivity index (χ1) is 9.12. The maximum absolute atomic E-state index is 5.55. The van der Waals surface area contributed by atoms with Gasteiger partial charge in [-0.15, -0.1) is 0 Å². The van der Waals surface area contributed by atoms with Crippen LogP contribution in [0.15, 0.2) is 53.1 Å². The summed E-state index contributed by atoms with van der Waals surface area (Å²) in [6.45, 7) is 4.86. The first-order valence-corrected chi connectivity index (χ1v) is 6.49. The summed E-state index contributed by atoms with van der Waals surface area (Å²) in [5.74, 6) is 0.915. The number of furan rings is 1. The first kappa shape index (κ1) is 13.8. The van der Waals surface area contributed by atoms with Crippen LogP contribution in [0.2, 0.25) is 0 Å². The number of hydrogen-bond acceptors (Lipinski definition) is 3. The van der Waals surface area contributed by atoms with E-state index in [0.717, 1.165) is 12.3 Å². The van der Waals surface area contributed by atoms with Gasteiger partial charge in [0.15, 0.2) is 0 Å². The van der Waals surface area contributed by atoms with Gasteiger partial charge >= 0.3 is 0 Å². The van der Waals surface area contributed by atoms with Crippen molar-refractivity contribution < 1.29 is 9.15 Å². The molecule has 0 aliphatic rings. The molecule has 0 aliphatic heterocycles. The van der Waals surface area contributed by atoms with Crippen molar-refractivity contribution in [3.05, 3.63) is 60.1 Å². The number of hydrogen-bond donors (Lipinski definition) is 1. The van der Waals surface area contributed by atoms with E-state index >= 15 is 0 Å². The minimum Gasteiger partial charge on any atom is -0.467 e. The lowest BCUT2D eigenvalue weighted by Crippen LogP contribution is -2.38. The summed E-state index contributed by atoms with van der Waals surface area (Å²) >= 11 is 0. The fraction of sp³-hybridized carbons (Fsp3) is 0.375. The van der Waals surface area contributed by atoms with Crippen LogP contribution in [-0.4, -0.2) is 19.3 Å². The number of rotatable bonds is 6. The third-order valence-electron chi connectivity index (χ3n) is 3.25. The van der Waals surface area contributed by atoms with Crippen molar-refractivity contribution in [3.63, 3.8) is 0 Å². The maximum atomic E-state index is 5.55. The topological polar surface area (TPSA) is 34.4 Å². The van der Waals surface area contributed by atoms with Crippen molar-refractivity contribution >= 4 is 0 Å². The van der Waals surface area contributed by atoms with Gasteiger partial charge in [0, 0.05) is 13.7 Å². The molecule has 102 valence electrons. The van der Waals surface area contributed by atoms with Gasteiger partial charge in [0.25, 0.3) is 0 Å². The summed E-state index contributed by atoms with van der Waals surface area (Å²) in [6.07, 6.45) is 1.70. The van der Waals surface area contributed by atoms with Crippen LogP contribution in [0.25, 0.3) is 0 Å². The molecule has 0 aliphatic carbocycles. The molecule has 0 spiro atoms. The summed E-state index contributed by atoms with van der Waals surface area (Å²) in [7, 11) is 1.73. The van der Waals surface area contributed by atoms with Gasteiger partial charge in [-0.05, 0) is 31.5 Å². The van der Waals surface area contributed by atoms with Gasteiger partial charge in [0.2, 0.25) is 0 Å². The second-order valence-electron chi connectivity index (χ2n) is 5.20. The molecule has 19 heavy (non-hydrogen) atoms. The van der Waals surface area contributed by atoms with Crippen LogP contribution in [0.3, 0.4) is 0 Å². The monoisotopic (exact) mass is 259 g/mol. The normalized spacial score (nSPS) is 13.4. The lowest BCUT2D eigenvalue weighted by Gasteiger charge is -2.26. The van der Waals surface area contributed by atoms with Crippen LogP contribution in [0.5, 0.6) is 0 Å². The zero-order chi connectivity index (χ0) is 13.7. The van der Waals surface area contributed by atoms with Crippen molar-refractivity contribution in [1.29, 1.82) is 0 Å². The minimum atomic E-state index is -0.209. The van der Waals surface area contributed by atoms with E-state index in [1.165, 1.54) is 5.56 Å². The SMILES string of the molecule is COC(C)(C)CNC(c1ccccc1)c1ccco1. The quantitative estimate of drug-likeness (QED) is 0.863. The van der Waals surface area contributed by atoms with Crippen molar-refractivity contribution in [2.24, 2.45) is 0 Å². The smallest absolute Gasteiger partial charge is 0.125 e. The van der Waals surface area contributed by atoms with Crippen molar-refractivity contribution in [1.82, 2.24) is 5.32 Å². The van der Waals surface area contributed by atoms with Crippen LogP contribution in [0.4, 0.5) is 0 Å². The van der Waals surface area contributed by atoms with Crippen LogP contribution < -0.4 is 5.32 Å². The molecule has 2 aromatic rings. The van der Waals surface area contributed by atoms with E-state index in [9.17, 15) is 0 Å². The Morgan fingerprint density at radius 2 is 1.89 bits per heavy atom. The van der Waals surface area contributed by atoms with Crippen LogP contribution >= 0.6 is 0 Å². The largest absolute Gasteiger partial charge is 0.467 e. The van der Waals surface area contributed by atoms with Crippen LogP contribution in [0, 0.1) is 0 Å². The average Bonchev–Trinajstić information content (AvgIpc) is 2.94. The lowest BCUT2D eigenvalue weighted by atomic mass is 10.0. The Labute approximate surface area is 114 Å². The molecule has 1 N–H and O–H groups in total. The highest BCUT2D eigenvalue weighted by molar-refractivity contribution is 5.26. The van der Waals surface area contributed by atoms with Gasteiger partial charge < -0.3 is 14.5 Å². The zero-order valence-corrected chi connectivity index (χ0v) is 11.7. The highest BCUT2D eigenvalue weighted by Gasteiger charge is 2.22. The predicted molar refractivity (Wildman–Crippen MR) is 76.1 cm³/mol. The molecule has 1 aromatic carbocycles. The Bertz CT molecular complexity index is 477. The molecule has 3 heteroatoms. The standard InChI is InChI=1S/C16H21NO2/c1-16(2,18-3)12-17-15(14-10-7-11-19-14)13-8-5-4-6-9-13/h4-11,15,17H,12H2,1-3H3. The second-order valence-corrected chi connectivity index (χ2v) is 5.20. The molecule has 0 saturated heterocycles. The van der Waals surface area contributed by atoms with E-state index in [4.69, 9.17) is 9.15 Å². The highest BCUT2D eigenvalue weighted by Crippen LogP contribution is 2.23. The second kappa shape index (κ2) is 6.04. The van der Waals surface area contributed by atoms with Gasteiger partial charge in [0.1, 0.15) is 5.76 Å². The third kappa shape index (κ3) is 3.69. The molecule has 0 bridgehead atoms. The lowest BCUT2D eigenvalue weighted by molar-refractivity contribution is 0.0215. The molecule has 0 fully saturated rings. The minimum absolute atomic E-state index is 0.0469. The van der Waals surface area contributed by atoms with E-state index in [-0.39, 0.29) is 11.6 Å². The zero-order valence-electron chi connectivity index (χ0n) is 11.7. The van der Waals surface area contributed by atoms with E-state index < -0.39 is 0 Å². The van der Waals surface area contributed by atoms with Crippen molar-refractivity contribution in [2.45, 2.75) is 25.5 Å². The molecule has 3 nitrogen and oxygen atoms in total. The van der Waals surface area contributed by atoms with Gasteiger partial charge in [-0.25, -0.2) is 0 Å². The molecule has 1 aromatic heterocycles. The molecular weight excluding hydrogens is 238 g/mol. The Morgan fingerprint density at radius 3 is 2.47 bits per heavy atom. The molecule has 1 heterocycles. The summed E-state index contributed by atoms with van der Waals surface area (Å²) in [5.41, 5.74) is 0.976. The summed E-state index contributed by atoms with van der Waals surface area (Å²) in [5, 5.41) is 3.51. The van der Waals surface area contributed by atoms with Gasteiger partial charge in [0.05, 0.1) is 17.9 Å². The van der Waals surface area contributed by atoms with Crippen LogP contribution in [0.1, 0.15) is 31.2 Å². The van der Waals surface area contributed by atoms with E-state index in [1.54, 1.807) is 13.4 Å². The third-order valence-corrected chi connectivity index (χ3v) is 3.25. The van der Waals surface area contributed by atoms with E-state index in [1.807, 2.05) is 30.3 Å². The fourth-order valence-corrected chi connectivity index (χ4v) is 1.90. The van der Waals surface area contributed by atoms with Crippen molar-refractivity contribution in [3.8, 4) is 0 Å². The Morgan fingerprint density at radius 1 is 1.16 bits per heavy atom. The number of ether oxygens (including phenoxy) is 1. The number of nitrogens with one attached hydrogen (secondary N) is 1. The molecule has 2 rings (SSSR count).